The van der Waals surface area contributed by atoms with Crippen LogP contribution in [-0.4, -0.2) is 24.4 Å². The Kier molecular flexibility index (Phi) is 3.05. The van der Waals surface area contributed by atoms with Gasteiger partial charge in [0.05, 0.1) is 10.6 Å². The molecule has 1 aliphatic rings. The van der Waals surface area contributed by atoms with E-state index in [0.29, 0.717) is 6.04 Å². The molecule has 0 atom stereocenters. The fourth-order valence-corrected chi connectivity index (χ4v) is 2.78. The van der Waals surface area contributed by atoms with Gasteiger partial charge in [-0.1, -0.05) is 18.3 Å². The van der Waals surface area contributed by atoms with Gasteiger partial charge in [-0.25, -0.2) is 4.98 Å². The summed E-state index contributed by atoms with van der Waals surface area (Å²) < 4.78 is 0. The first-order valence-electron chi connectivity index (χ1n) is 5.44. The summed E-state index contributed by atoms with van der Waals surface area (Å²) in [6.45, 7) is 2.04. The van der Waals surface area contributed by atoms with E-state index in [1.54, 1.807) is 0 Å². The molecule has 2 rings (SSSR count). The number of aromatic nitrogens is 1. The zero-order valence-electron chi connectivity index (χ0n) is 9.19. The highest BCUT2D eigenvalue weighted by Crippen LogP contribution is 2.32. The van der Waals surface area contributed by atoms with Gasteiger partial charge in [0.15, 0.2) is 11.4 Å². The normalized spacial score (nSPS) is 16.1. The Balaban J connectivity index is 2.19. The first-order valence-corrected chi connectivity index (χ1v) is 6.25. The van der Waals surface area contributed by atoms with Crippen molar-refractivity contribution < 1.29 is 4.79 Å². The van der Waals surface area contributed by atoms with Crippen LogP contribution in [0.5, 0.6) is 0 Å². The van der Waals surface area contributed by atoms with Crippen LogP contribution in [-0.2, 0) is 6.42 Å². The molecule has 1 aromatic heterocycles. The number of aldehydes is 1. The van der Waals surface area contributed by atoms with Crippen molar-refractivity contribution in [3.05, 3.63) is 10.6 Å². The lowest BCUT2D eigenvalue weighted by Gasteiger charge is -2.34. The number of anilines is 1. The number of thiazole rings is 1. The molecule has 1 aromatic rings. The zero-order chi connectivity index (χ0) is 10.8. The van der Waals surface area contributed by atoms with Gasteiger partial charge in [0, 0.05) is 13.1 Å². The summed E-state index contributed by atoms with van der Waals surface area (Å²) in [6.07, 6.45) is 5.60. The first kappa shape index (κ1) is 10.6. The highest BCUT2D eigenvalue weighted by atomic mass is 32.1. The second-order valence-electron chi connectivity index (χ2n) is 3.97. The third-order valence-electron chi connectivity index (χ3n) is 3.08. The molecule has 0 N–H and O–H groups in total. The van der Waals surface area contributed by atoms with Crippen molar-refractivity contribution in [1.29, 1.82) is 0 Å². The summed E-state index contributed by atoms with van der Waals surface area (Å²) in [5.74, 6) is 0. The summed E-state index contributed by atoms with van der Waals surface area (Å²) in [5.41, 5.74) is 0.941. The Labute approximate surface area is 94.1 Å². The number of aryl methyl sites for hydroxylation is 1. The van der Waals surface area contributed by atoms with Crippen LogP contribution in [0.2, 0.25) is 0 Å². The van der Waals surface area contributed by atoms with Crippen LogP contribution in [0.1, 0.15) is 41.6 Å². The van der Waals surface area contributed by atoms with Gasteiger partial charge in [0.1, 0.15) is 0 Å². The molecule has 0 aliphatic heterocycles. The summed E-state index contributed by atoms with van der Waals surface area (Å²) in [7, 11) is 2.08. The lowest BCUT2D eigenvalue weighted by molar-refractivity contribution is 0.112. The van der Waals surface area contributed by atoms with E-state index in [1.165, 1.54) is 30.6 Å². The maximum atomic E-state index is 10.8. The topological polar surface area (TPSA) is 33.2 Å². The maximum absolute atomic E-state index is 10.8. The number of hydrogen-bond acceptors (Lipinski definition) is 4. The monoisotopic (exact) mass is 224 g/mol. The molecule has 1 aliphatic carbocycles. The van der Waals surface area contributed by atoms with Gasteiger partial charge >= 0.3 is 0 Å². The minimum absolute atomic E-state index is 0.639. The van der Waals surface area contributed by atoms with Gasteiger partial charge in [0.25, 0.3) is 0 Å². The van der Waals surface area contributed by atoms with E-state index in [4.69, 9.17) is 0 Å². The van der Waals surface area contributed by atoms with Crippen molar-refractivity contribution in [3.8, 4) is 0 Å². The van der Waals surface area contributed by atoms with Crippen molar-refractivity contribution >= 4 is 22.8 Å². The van der Waals surface area contributed by atoms with Gasteiger partial charge in [-0.2, -0.15) is 0 Å². The van der Waals surface area contributed by atoms with E-state index in [2.05, 4.69) is 16.9 Å². The van der Waals surface area contributed by atoms with Gasteiger partial charge < -0.3 is 4.90 Å². The molecule has 1 fully saturated rings. The molecule has 1 heterocycles. The van der Waals surface area contributed by atoms with Crippen LogP contribution in [0.3, 0.4) is 0 Å². The average Bonchev–Trinajstić information content (AvgIpc) is 2.57. The highest BCUT2D eigenvalue weighted by molar-refractivity contribution is 7.17. The Morgan fingerprint density at radius 3 is 2.73 bits per heavy atom. The molecule has 4 heteroatoms. The summed E-state index contributed by atoms with van der Waals surface area (Å²) in [4.78, 5) is 18.4. The number of carbonyl (C=O) groups is 1. The molecule has 0 radical (unpaired) electrons. The fraction of sp³-hybridized carbons (Fsp3) is 0.636. The van der Waals surface area contributed by atoms with Gasteiger partial charge in [-0.3, -0.25) is 4.79 Å². The van der Waals surface area contributed by atoms with Crippen LogP contribution in [0, 0.1) is 0 Å². The number of hydrogen-bond donors (Lipinski definition) is 0. The van der Waals surface area contributed by atoms with Crippen LogP contribution in [0.25, 0.3) is 0 Å². The molecular formula is C11H16N2OS. The van der Waals surface area contributed by atoms with Crippen molar-refractivity contribution in [3.63, 3.8) is 0 Å². The molecule has 0 aromatic carbocycles. The van der Waals surface area contributed by atoms with E-state index < -0.39 is 0 Å². The number of nitrogens with zero attached hydrogens (tertiary/aromatic N) is 2. The molecule has 0 spiro atoms. The van der Waals surface area contributed by atoms with E-state index in [0.717, 1.165) is 28.4 Å². The predicted molar refractivity (Wildman–Crippen MR) is 62.9 cm³/mol. The lowest BCUT2D eigenvalue weighted by Crippen LogP contribution is -2.37. The molecular weight excluding hydrogens is 208 g/mol. The van der Waals surface area contributed by atoms with E-state index in [-0.39, 0.29) is 0 Å². The second-order valence-corrected chi connectivity index (χ2v) is 4.98. The minimum atomic E-state index is 0.639. The SMILES string of the molecule is CCc1nc(N(C)C2CCC2)sc1C=O. The van der Waals surface area contributed by atoms with Crippen molar-refractivity contribution in [1.82, 2.24) is 4.98 Å². The lowest BCUT2D eigenvalue weighted by atomic mass is 9.92. The smallest absolute Gasteiger partial charge is 0.186 e. The Morgan fingerprint density at radius 1 is 1.60 bits per heavy atom. The molecule has 82 valence electrons. The van der Waals surface area contributed by atoms with Gasteiger partial charge in [-0.15, -0.1) is 0 Å². The van der Waals surface area contributed by atoms with Crippen molar-refractivity contribution in [2.24, 2.45) is 0 Å². The first-order chi connectivity index (χ1) is 7.26. The highest BCUT2D eigenvalue weighted by Gasteiger charge is 2.24. The molecule has 15 heavy (non-hydrogen) atoms. The molecule has 0 unspecified atom stereocenters. The van der Waals surface area contributed by atoms with Gasteiger partial charge in [-0.05, 0) is 25.7 Å². The molecule has 0 saturated heterocycles. The fourth-order valence-electron chi connectivity index (χ4n) is 1.78. The zero-order valence-corrected chi connectivity index (χ0v) is 10.0. The average molecular weight is 224 g/mol. The van der Waals surface area contributed by atoms with E-state index in [1.807, 2.05) is 6.92 Å². The van der Waals surface area contributed by atoms with Gasteiger partial charge in [0.2, 0.25) is 0 Å². The van der Waals surface area contributed by atoms with Crippen LogP contribution in [0.4, 0.5) is 5.13 Å². The minimum Gasteiger partial charge on any atom is -0.348 e. The molecule has 0 amide bonds. The Hall–Kier alpha value is -0.900. The molecule has 3 nitrogen and oxygen atoms in total. The van der Waals surface area contributed by atoms with Crippen molar-refractivity contribution in [2.45, 2.75) is 38.6 Å². The quantitative estimate of drug-likeness (QED) is 0.737. The number of carbonyl (C=O) groups excluding carboxylic acids is 1. The van der Waals surface area contributed by atoms with Crippen LogP contribution >= 0.6 is 11.3 Å². The third-order valence-corrected chi connectivity index (χ3v) is 4.20. The van der Waals surface area contributed by atoms with Crippen LogP contribution < -0.4 is 4.90 Å². The molecule has 1 saturated carbocycles. The summed E-state index contributed by atoms with van der Waals surface area (Å²) in [5, 5.41) is 0.999. The van der Waals surface area contributed by atoms with E-state index in [9.17, 15) is 4.79 Å². The number of rotatable bonds is 4. The summed E-state index contributed by atoms with van der Waals surface area (Å²) >= 11 is 1.52. The Morgan fingerprint density at radius 2 is 2.33 bits per heavy atom. The van der Waals surface area contributed by atoms with Crippen LogP contribution in [0.15, 0.2) is 0 Å². The molecule has 0 bridgehead atoms. The Bertz CT molecular complexity index is 357. The second kappa shape index (κ2) is 4.31. The largest absolute Gasteiger partial charge is 0.348 e. The third kappa shape index (κ3) is 1.91. The van der Waals surface area contributed by atoms with Crippen molar-refractivity contribution in [2.75, 3.05) is 11.9 Å². The summed E-state index contributed by atoms with van der Waals surface area (Å²) in [6, 6.07) is 0.639. The predicted octanol–water partition coefficient (Wildman–Crippen LogP) is 2.51. The standard InChI is InChI=1S/C11H16N2OS/c1-3-9-10(7-14)15-11(12-9)13(2)8-5-4-6-8/h7-8H,3-6H2,1-2H3. The van der Waals surface area contributed by atoms with E-state index >= 15 is 0 Å². The maximum Gasteiger partial charge on any atom is 0.186 e.